The molecule has 0 aliphatic carbocycles. The van der Waals surface area contributed by atoms with E-state index in [0.29, 0.717) is 22.5 Å². The van der Waals surface area contributed by atoms with E-state index in [4.69, 9.17) is 5.73 Å². The van der Waals surface area contributed by atoms with Gasteiger partial charge in [0.25, 0.3) is 5.91 Å². The minimum absolute atomic E-state index is 0.104. The molecule has 102 valence electrons. The van der Waals surface area contributed by atoms with E-state index in [-0.39, 0.29) is 11.7 Å². The molecular weight excluding hydrogens is 283 g/mol. The minimum atomic E-state index is -0.341. The molecule has 6 heteroatoms. The van der Waals surface area contributed by atoms with Crippen molar-refractivity contribution in [3.05, 3.63) is 28.9 Å². The Balaban J connectivity index is 2.34. The lowest BCUT2D eigenvalue weighted by Crippen LogP contribution is -2.28. The highest BCUT2D eigenvalue weighted by Gasteiger charge is 2.19. The standard InChI is InChI=1S/C13H15FN2OS2/c1-16(5-6-18-2)13(17)12-11(15)9-7-8(14)3-4-10(9)19-12/h3-4,7H,5-6,15H2,1-2H3. The van der Waals surface area contributed by atoms with Crippen molar-refractivity contribution >= 4 is 44.8 Å². The minimum Gasteiger partial charge on any atom is -0.397 e. The van der Waals surface area contributed by atoms with Gasteiger partial charge in [0, 0.05) is 29.4 Å². The van der Waals surface area contributed by atoms with E-state index in [2.05, 4.69) is 0 Å². The van der Waals surface area contributed by atoms with Crippen molar-refractivity contribution in [2.24, 2.45) is 0 Å². The molecule has 0 atom stereocenters. The molecule has 2 aromatic rings. The van der Waals surface area contributed by atoms with E-state index in [1.165, 1.54) is 23.5 Å². The molecule has 1 heterocycles. The Kier molecular flexibility index (Phi) is 4.31. The molecule has 3 nitrogen and oxygen atoms in total. The molecular formula is C13H15FN2OS2. The summed E-state index contributed by atoms with van der Waals surface area (Å²) in [4.78, 5) is 14.4. The Morgan fingerprint density at radius 3 is 2.95 bits per heavy atom. The second kappa shape index (κ2) is 5.79. The van der Waals surface area contributed by atoms with Gasteiger partial charge in [0.1, 0.15) is 10.7 Å². The maximum Gasteiger partial charge on any atom is 0.265 e. The predicted molar refractivity (Wildman–Crippen MR) is 81.5 cm³/mol. The molecule has 2 rings (SSSR count). The number of amides is 1. The highest BCUT2D eigenvalue weighted by molar-refractivity contribution is 7.98. The molecule has 0 saturated heterocycles. The number of thiophene rings is 1. The van der Waals surface area contributed by atoms with Crippen LogP contribution >= 0.6 is 23.1 Å². The fourth-order valence-electron chi connectivity index (χ4n) is 1.75. The number of thioether (sulfide) groups is 1. The average molecular weight is 298 g/mol. The number of nitrogens with zero attached hydrogens (tertiary/aromatic N) is 1. The first-order valence-corrected chi connectivity index (χ1v) is 7.97. The summed E-state index contributed by atoms with van der Waals surface area (Å²) in [6, 6.07) is 4.41. The van der Waals surface area contributed by atoms with Crippen molar-refractivity contribution in [1.29, 1.82) is 0 Å². The van der Waals surface area contributed by atoms with Crippen LogP contribution in [0.15, 0.2) is 18.2 Å². The number of carbonyl (C=O) groups is 1. The van der Waals surface area contributed by atoms with Crippen LogP contribution in [0.2, 0.25) is 0 Å². The Labute approximate surface area is 119 Å². The fraction of sp³-hybridized carbons (Fsp3) is 0.308. The van der Waals surface area contributed by atoms with E-state index in [1.54, 1.807) is 29.8 Å². The van der Waals surface area contributed by atoms with Gasteiger partial charge in [-0.25, -0.2) is 4.39 Å². The van der Waals surface area contributed by atoms with Crippen molar-refractivity contribution in [2.45, 2.75) is 0 Å². The van der Waals surface area contributed by atoms with E-state index < -0.39 is 0 Å². The first-order chi connectivity index (χ1) is 9.04. The summed E-state index contributed by atoms with van der Waals surface area (Å²) in [5, 5.41) is 0.617. The smallest absolute Gasteiger partial charge is 0.265 e. The molecule has 0 bridgehead atoms. The van der Waals surface area contributed by atoms with Crippen LogP contribution in [0.4, 0.5) is 10.1 Å². The molecule has 0 aliphatic heterocycles. The number of nitrogens with two attached hydrogens (primary N) is 1. The van der Waals surface area contributed by atoms with Crippen molar-refractivity contribution in [2.75, 3.05) is 31.3 Å². The zero-order valence-corrected chi connectivity index (χ0v) is 12.4. The van der Waals surface area contributed by atoms with Crippen LogP contribution in [-0.2, 0) is 0 Å². The maximum absolute atomic E-state index is 13.2. The lowest BCUT2D eigenvalue weighted by atomic mass is 10.2. The number of nitrogen functional groups attached to an aromatic ring is 1. The quantitative estimate of drug-likeness (QED) is 0.943. The molecule has 0 spiro atoms. The topological polar surface area (TPSA) is 46.3 Å². The van der Waals surface area contributed by atoms with Gasteiger partial charge in [0.2, 0.25) is 0 Å². The van der Waals surface area contributed by atoms with E-state index in [1.807, 2.05) is 6.26 Å². The van der Waals surface area contributed by atoms with Crippen LogP contribution in [0, 0.1) is 5.82 Å². The van der Waals surface area contributed by atoms with Gasteiger partial charge in [-0.3, -0.25) is 4.79 Å². The third-order valence-corrected chi connectivity index (χ3v) is 4.63. The van der Waals surface area contributed by atoms with Gasteiger partial charge < -0.3 is 10.6 Å². The second-order valence-corrected chi connectivity index (χ2v) is 6.24. The Morgan fingerprint density at radius 2 is 2.26 bits per heavy atom. The van der Waals surface area contributed by atoms with Crippen LogP contribution in [0.25, 0.3) is 10.1 Å². The van der Waals surface area contributed by atoms with Gasteiger partial charge in [-0.1, -0.05) is 0 Å². The number of fused-ring (bicyclic) bond motifs is 1. The largest absolute Gasteiger partial charge is 0.397 e. The second-order valence-electron chi connectivity index (χ2n) is 4.20. The van der Waals surface area contributed by atoms with E-state index in [9.17, 15) is 9.18 Å². The van der Waals surface area contributed by atoms with Gasteiger partial charge in [-0.05, 0) is 24.5 Å². The summed E-state index contributed by atoms with van der Waals surface area (Å²) >= 11 is 3.00. The molecule has 2 N–H and O–H groups in total. The zero-order chi connectivity index (χ0) is 14.0. The first kappa shape index (κ1) is 14.1. The van der Waals surface area contributed by atoms with Crippen LogP contribution in [0.1, 0.15) is 9.67 Å². The predicted octanol–water partition coefficient (Wildman–Crippen LogP) is 3.06. The molecule has 1 aromatic heterocycles. The fourth-order valence-corrected chi connectivity index (χ4v) is 3.31. The van der Waals surface area contributed by atoms with Gasteiger partial charge >= 0.3 is 0 Å². The molecule has 0 saturated carbocycles. The summed E-state index contributed by atoms with van der Waals surface area (Å²) in [5.41, 5.74) is 6.34. The zero-order valence-electron chi connectivity index (χ0n) is 10.8. The van der Waals surface area contributed by atoms with E-state index in [0.717, 1.165) is 10.5 Å². The molecule has 1 amide bonds. The summed E-state index contributed by atoms with van der Waals surface area (Å²) in [6.07, 6.45) is 1.99. The van der Waals surface area contributed by atoms with E-state index >= 15 is 0 Å². The highest BCUT2D eigenvalue weighted by atomic mass is 32.2. The first-order valence-electron chi connectivity index (χ1n) is 5.76. The number of hydrogen-bond donors (Lipinski definition) is 1. The molecule has 19 heavy (non-hydrogen) atoms. The summed E-state index contributed by atoms with van der Waals surface area (Å²) in [5.74, 6) is 0.432. The summed E-state index contributed by atoms with van der Waals surface area (Å²) in [6.45, 7) is 0.669. The van der Waals surface area contributed by atoms with Gasteiger partial charge in [0.05, 0.1) is 5.69 Å². The van der Waals surface area contributed by atoms with Crippen molar-refractivity contribution in [3.8, 4) is 0 Å². The Bertz CT molecular complexity index is 612. The van der Waals surface area contributed by atoms with Crippen molar-refractivity contribution in [3.63, 3.8) is 0 Å². The van der Waals surface area contributed by atoms with Crippen LogP contribution < -0.4 is 5.73 Å². The van der Waals surface area contributed by atoms with Crippen molar-refractivity contribution < 1.29 is 9.18 Å². The monoisotopic (exact) mass is 298 g/mol. The van der Waals surface area contributed by atoms with Crippen LogP contribution in [-0.4, -0.2) is 36.4 Å². The molecule has 0 radical (unpaired) electrons. The number of benzene rings is 1. The third kappa shape index (κ3) is 2.84. The van der Waals surface area contributed by atoms with Gasteiger partial charge in [-0.15, -0.1) is 11.3 Å². The highest BCUT2D eigenvalue weighted by Crippen LogP contribution is 2.34. The van der Waals surface area contributed by atoms with Gasteiger partial charge in [-0.2, -0.15) is 11.8 Å². The molecule has 0 aliphatic rings. The molecule has 0 fully saturated rings. The maximum atomic E-state index is 13.2. The number of anilines is 1. The normalized spacial score (nSPS) is 10.9. The molecule has 0 unspecified atom stereocenters. The lowest BCUT2D eigenvalue weighted by molar-refractivity contribution is 0.0809. The lowest BCUT2D eigenvalue weighted by Gasteiger charge is -2.15. The summed E-state index contributed by atoms with van der Waals surface area (Å²) < 4.78 is 14.0. The Hall–Kier alpha value is -1.27. The van der Waals surface area contributed by atoms with Gasteiger partial charge in [0.15, 0.2) is 0 Å². The number of rotatable bonds is 4. The number of hydrogen-bond acceptors (Lipinski definition) is 4. The molecule has 1 aromatic carbocycles. The number of halogens is 1. The SMILES string of the molecule is CSCCN(C)C(=O)c1sc2ccc(F)cc2c1N. The van der Waals surface area contributed by atoms with Crippen LogP contribution in [0.3, 0.4) is 0 Å². The third-order valence-electron chi connectivity index (χ3n) is 2.86. The van der Waals surface area contributed by atoms with Crippen molar-refractivity contribution in [1.82, 2.24) is 4.90 Å². The summed E-state index contributed by atoms with van der Waals surface area (Å²) in [7, 11) is 1.75. The average Bonchev–Trinajstić information content (AvgIpc) is 2.72. The Morgan fingerprint density at radius 1 is 1.53 bits per heavy atom. The van der Waals surface area contributed by atoms with Crippen LogP contribution in [0.5, 0.6) is 0 Å². The number of carbonyl (C=O) groups excluding carboxylic acids is 1.